The molecule has 2 heterocycles. The standard InChI is InChI=1S/C17H17ClN2O4/c18-11-1-2-13-12(9-11)19-14(24-13)10-3-7-20(8-4-10)15(21)17(5-6-17)16(22)23/h1-2,9-10H,3-8H2,(H,22,23). The number of halogens is 1. The summed E-state index contributed by atoms with van der Waals surface area (Å²) in [5, 5.41) is 9.87. The maximum atomic E-state index is 12.4. The SMILES string of the molecule is O=C(O)C1(C(=O)N2CCC(c3nc4cc(Cl)ccc4o3)CC2)CC1. The number of carboxylic acids is 1. The number of carboxylic acid groups (broad SMARTS) is 1. The lowest BCUT2D eigenvalue weighted by atomic mass is 9.95. The molecule has 6 nitrogen and oxygen atoms in total. The Balaban J connectivity index is 1.45. The minimum Gasteiger partial charge on any atom is -0.480 e. The molecule has 1 N–H and O–H groups in total. The van der Waals surface area contributed by atoms with E-state index in [0.717, 1.165) is 18.4 Å². The highest BCUT2D eigenvalue weighted by atomic mass is 35.5. The van der Waals surface area contributed by atoms with Gasteiger partial charge in [0.1, 0.15) is 10.9 Å². The molecule has 126 valence electrons. The summed E-state index contributed by atoms with van der Waals surface area (Å²) in [6, 6.07) is 5.34. The number of oxazole rings is 1. The average molecular weight is 349 g/mol. The van der Waals surface area contributed by atoms with Crippen LogP contribution < -0.4 is 0 Å². The van der Waals surface area contributed by atoms with E-state index in [9.17, 15) is 14.7 Å². The quantitative estimate of drug-likeness (QED) is 0.862. The van der Waals surface area contributed by atoms with Crippen molar-refractivity contribution in [1.82, 2.24) is 9.88 Å². The van der Waals surface area contributed by atoms with E-state index in [0.29, 0.717) is 42.4 Å². The summed E-state index contributed by atoms with van der Waals surface area (Å²) in [6.07, 6.45) is 2.35. The van der Waals surface area contributed by atoms with Gasteiger partial charge in [-0.3, -0.25) is 9.59 Å². The molecule has 1 aromatic heterocycles. The van der Waals surface area contributed by atoms with Gasteiger partial charge in [-0.25, -0.2) is 4.98 Å². The van der Waals surface area contributed by atoms with E-state index in [4.69, 9.17) is 16.0 Å². The molecule has 1 aliphatic heterocycles. The first kappa shape index (κ1) is 15.4. The lowest BCUT2D eigenvalue weighted by Crippen LogP contribution is -2.44. The Hall–Kier alpha value is -2.08. The number of aliphatic carboxylic acids is 1. The van der Waals surface area contributed by atoms with Crippen molar-refractivity contribution in [3.63, 3.8) is 0 Å². The highest BCUT2D eigenvalue weighted by molar-refractivity contribution is 6.31. The second kappa shape index (κ2) is 5.48. The molecule has 2 aliphatic rings. The number of hydrogen-bond donors (Lipinski definition) is 1. The number of carbonyl (C=O) groups is 2. The number of amides is 1. The maximum Gasteiger partial charge on any atom is 0.319 e. The van der Waals surface area contributed by atoms with Crippen LogP contribution in [0.3, 0.4) is 0 Å². The van der Waals surface area contributed by atoms with Gasteiger partial charge in [0.15, 0.2) is 11.5 Å². The summed E-state index contributed by atoms with van der Waals surface area (Å²) >= 11 is 5.97. The Bertz CT molecular complexity index is 819. The summed E-state index contributed by atoms with van der Waals surface area (Å²) in [6.45, 7) is 1.08. The molecule has 0 bridgehead atoms. The fraction of sp³-hybridized carbons (Fsp3) is 0.471. The Morgan fingerprint density at radius 3 is 2.62 bits per heavy atom. The predicted octanol–water partition coefficient (Wildman–Crippen LogP) is 3.05. The van der Waals surface area contributed by atoms with Crippen molar-refractivity contribution in [3.8, 4) is 0 Å². The Morgan fingerprint density at radius 2 is 2.00 bits per heavy atom. The van der Waals surface area contributed by atoms with Crippen molar-refractivity contribution < 1.29 is 19.1 Å². The molecule has 1 amide bonds. The number of piperidine rings is 1. The highest BCUT2D eigenvalue weighted by Gasteiger charge is 2.58. The molecule has 0 atom stereocenters. The van der Waals surface area contributed by atoms with E-state index in [2.05, 4.69) is 4.98 Å². The summed E-state index contributed by atoms with van der Waals surface area (Å²) in [7, 11) is 0. The fourth-order valence-electron chi connectivity index (χ4n) is 3.37. The third-order valence-corrected chi connectivity index (χ3v) is 5.30. The van der Waals surface area contributed by atoms with Gasteiger partial charge in [-0.15, -0.1) is 0 Å². The third-order valence-electron chi connectivity index (χ3n) is 5.07. The Morgan fingerprint density at radius 1 is 1.29 bits per heavy atom. The van der Waals surface area contributed by atoms with E-state index in [1.807, 2.05) is 0 Å². The number of benzene rings is 1. The van der Waals surface area contributed by atoms with E-state index in [1.54, 1.807) is 23.1 Å². The smallest absolute Gasteiger partial charge is 0.319 e. The van der Waals surface area contributed by atoms with Crippen molar-refractivity contribution in [2.45, 2.75) is 31.6 Å². The molecule has 1 saturated heterocycles. The van der Waals surface area contributed by atoms with Gasteiger partial charge in [0.25, 0.3) is 0 Å². The second-order valence-electron chi connectivity index (χ2n) is 6.62. The van der Waals surface area contributed by atoms with Gasteiger partial charge in [0, 0.05) is 24.0 Å². The Kier molecular flexibility index (Phi) is 3.53. The van der Waals surface area contributed by atoms with Crippen LogP contribution in [0, 0.1) is 5.41 Å². The van der Waals surface area contributed by atoms with Crippen molar-refractivity contribution in [3.05, 3.63) is 29.1 Å². The summed E-state index contributed by atoms with van der Waals surface area (Å²) in [5.74, 6) is -0.429. The van der Waals surface area contributed by atoms with Gasteiger partial charge in [-0.05, 0) is 43.9 Å². The van der Waals surface area contributed by atoms with Gasteiger partial charge < -0.3 is 14.4 Å². The number of fused-ring (bicyclic) bond motifs is 1. The van der Waals surface area contributed by atoms with Gasteiger partial charge in [0.05, 0.1) is 0 Å². The number of likely N-dealkylation sites (tertiary alicyclic amines) is 1. The van der Waals surface area contributed by atoms with Gasteiger partial charge in [0.2, 0.25) is 5.91 Å². The molecule has 0 radical (unpaired) electrons. The number of rotatable bonds is 3. The average Bonchev–Trinajstić information content (AvgIpc) is 3.29. The van der Waals surface area contributed by atoms with E-state index < -0.39 is 11.4 Å². The number of carbonyl (C=O) groups excluding carboxylic acids is 1. The topological polar surface area (TPSA) is 83.6 Å². The molecule has 2 aromatic rings. The second-order valence-corrected chi connectivity index (χ2v) is 7.05. The molecule has 0 unspecified atom stereocenters. The zero-order valence-corrected chi connectivity index (χ0v) is 13.8. The van der Waals surface area contributed by atoms with Crippen LogP contribution in [0.4, 0.5) is 0 Å². The van der Waals surface area contributed by atoms with Crippen LogP contribution in [0.2, 0.25) is 5.02 Å². The molecule has 1 saturated carbocycles. The van der Waals surface area contributed by atoms with Crippen LogP contribution in [0.5, 0.6) is 0 Å². The molecule has 0 spiro atoms. The largest absolute Gasteiger partial charge is 0.480 e. The van der Waals surface area contributed by atoms with Crippen molar-refractivity contribution in [2.24, 2.45) is 5.41 Å². The summed E-state index contributed by atoms with van der Waals surface area (Å²) < 4.78 is 5.81. The summed E-state index contributed by atoms with van der Waals surface area (Å²) in [4.78, 5) is 29.9. The molecular weight excluding hydrogens is 332 g/mol. The third kappa shape index (κ3) is 2.45. The first-order chi connectivity index (χ1) is 11.5. The fourth-order valence-corrected chi connectivity index (χ4v) is 3.54. The lowest BCUT2D eigenvalue weighted by Gasteiger charge is -2.32. The first-order valence-electron chi connectivity index (χ1n) is 8.08. The predicted molar refractivity (Wildman–Crippen MR) is 86.9 cm³/mol. The normalized spacial score (nSPS) is 20.3. The molecule has 1 aliphatic carbocycles. The number of nitrogens with zero attached hydrogens (tertiary/aromatic N) is 2. The van der Waals surface area contributed by atoms with Gasteiger partial charge in [-0.1, -0.05) is 11.6 Å². The molecule has 2 fully saturated rings. The molecular formula is C17H17ClN2O4. The monoisotopic (exact) mass is 348 g/mol. The lowest BCUT2D eigenvalue weighted by molar-refractivity contribution is -0.154. The highest BCUT2D eigenvalue weighted by Crippen LogP contribution is 2.48. The molecule has 7 heteroatoms. The van der Waals surface area contributed by atoms with Crippen molar-refractivity contribution in [1.29, 1.82) is 0 Å². The van der Waals surface area contributed by atoms with E-state index in [-0.39, 0.29) is 11.8 Å². The van der Waals surface area contributed by atoms with Gasteiger partial charge >= 0.3 is 5.97 Å². The molecule has 1 aromatic carbocycles. The van der Waals surface area contributed by atoms with Crippen LogP contribution in [0.25, 0.3) is 11.1 Å². The Labute approximate surface area is 143 Å². The first-order valence-corrected chi connectivity index (χ1v) is 8.46. The molecule has 24 heavy (non-hydrogen) atoms. The number of aromatic nitrogens is 1. The minimum atomic E-state index is -1.15. The maximum absolute atomic E-state index is 12.4. The summed E-state index contributed by atoms with van der Waals surface area (Å²) in [5.41, 5.74) is 0.288. The van der Waals surface area contributed by atoms with Crippen LogP contribution in [0.1, 0.15) is 37.5 Å². The van der Waals surface area contributed by atoms with Crippen molar-refractivity contribution >= 4 is 34.6 Å². The molecule has 4 rings (SSSR count). The van der Waals surface area contributed by atoms with Crippen molar-refractivity contribution in [2.75, 3.05) is 13.1 Å². The minimum absolute atomic E-state index is 0.139. The van der Waals surface area contributed by atoms with Crippen LogP contribution in [0.15, 0.2) is 22.6 Å². The van der Waals surface area contributed by atoms with E-state index >= 15 is 0 Å². The van der Waals surface area contributed by atoms with Crippen LogP contribution in [-0.4, -0.2) is 40.0 Å². The van der Waals surface area contributed by atoms with Crippen LogP contribution >= 0.6 is 11.6 Å². The zero-order valence-electron chi connectivity index (χ0n) is 13.0. The number of hydrogen-bond acceptors (Lipinski definition) is 4. The van der Waals surface area contributed by atoms with Crippen LogP contribution in [-0.2, 0) is 9.59 Å². The van der Waals surface area contributed by atoms with E-state index in [1.165, 1.54) is 0 Å². The zero-order chi connectivity index (χ0) is 16.9. The van der Waals surface area contributed by atoms with Gasteiger partial charge in [-0.2, -0.15) is 0 Å².